The maximum Gasteiger partial charge on any atom is 0.204 e. The average molecular weight is 666 g/mol. The summed E-state index contributed by atoms with van der Waals surface area (Å²) in [5, 5.41) is 11.1. The Labute approximate surface area is 276 Å². The molecule has 0 radical (unpaired) electrons. The molecule has 1 aliphatic heterocycles. The molecule has 3 heterocycles. The zero-order valence-electron chi connectivity index (χ0n) is 27.3. The van der Waals surface area contributed by atoms with Crippen LogP contribution in [0.3, 0.4) is 0 Å². The van der Waals surface area contributed by atoms with Crippen LogP contribution in [0.25, 0.3) is 0 Å². The normalized spacial score (nSPS) is 14.1. The molecule has 1 saturated heterocycles. The maximum atomic E-state index is 13.3. The molecule has 2 aromatic heterocycles. The number of sulfone groups is 1. The molecule has 246 valence electrons. The molecular weight excluding hydrogens is 623 g/mol. The molecule has 0 saturated carbocycles. The zero-order valence-corrected chi connectivity index (χ0v) is 29.0. The Morgan fingerprint density at radius 1 is 1.00 bits per heavy atom. The number of piperazine rings is 1. The van der Waals surface area contributed by atoms with Gasteiger partial charge in [0.15, 0.2) is 32.4 Å². The maximum absolute atomic E-state index is 13.3. The molecule has 1 fully saturated rings. The van der Waals surface area contributed by atoms with Crippen LogP contribution in [0.1, 0.15) is 11.3 Å². The molecule has 12 nitrogen and oxygen atoms in total. The number of nitrogens with zero attached hydrogens (tertiary/aromatic N) is 7. The van der Waals surface area contributed by atoms with Gasteiger partial charge in [0, 0.05) is 75.7 Å². The number of rotatable bonds is 13. The fraction of sp³-hybridized carbons (Fsp3) is 0.406. The molecule has 0 atom stereocenters. The Morgan fingerprint density at radius 3 is 2.37 bits per heavy atom. The highest BCUT2D eigenvalue weighted by atomic mass is 32.2. The molecule has 1 aliphatic rings. The molecule has 0 amide bonds. The number of aromatic amines is 1. The number of H-pyrrole nitrogens is 1. The summed E-state index contributed by atoms with van der Waals surface area (Å²) in [6, 6.07) is 16.4. The van der Waals surface area contributed by atoms with E-state index in [1.54, 1.807) is 31.4 Å². The average Bonchev–Trinajstić information content (AvgIpc) is 3.44. The van der Waals surface area contributed by atoms with Crippen LogP contribution in [0, 0.1) is 6.92 Å². The molecule has 0 spiro atoms. The van der Waals surface area contributed by atoms with Crippen LogP contribution in [0.15, 0.2) is 69.5 Å². The van der Waals surface area contributed by atoms with Gasteiger partial charge in [-0.3, -0.25) is 10.00 Å². The minimum Gasteiger partial charge on any atom is -0.490 e. The number of hydrogen-bond acceptors (Lipinski definition) is 12. The van der Waals surface area contributed by atoms with Gasteiger partial charge < -0.3 is 24.8 Å². The summed E-state index contributed by atoms with van der Waals surface area (Å²) in [5.41, 5.74) is 2.62. The van der Waals surface area contributed by atoms with E-state index in [1.165, 1.54) is 11.8 Å². The zero-order chi connectivity index (χ0) is 32.8. The van der Waals surface area contributed by atoms with E-state index in [9.17, 15) is 8.42 Å². The summed E-state index contributed by atoms with van der Waals surface area (Å²) < 4.78 is 32.4. The number of nitrogens with one attached hydrogen (secondary N) is 2. The van der Waals surface area contributed by atoms with E-state index in [4.69, 9.17) is 14.7 Å². The van der Waals surface area contributed by atoms with E-state index in [1.807, 2.05) is 56.3 Å². The largest absolute Gasteiger partial charge is 0.490 e. The van der Waals surface area contributed by atoms with Gasteiger partial charge >= 0.3 is 0 Å². The van der Waals surface area contributed by atoms with E-state index in [0.717, 1.165) is 61.1 Å². The third kappa shape index (κ3) is 8.49. The highest BCUT2D eigenvalue weighted by molar-refractivity contribution is 7.99. The van der Waals surface area contributed by atoms with E-state index in [0.29, 0.717) is 28.4 Å². The van der Waals surface area contributed by atoms with Gasteiger partial charge in [0.2, 0.25) is 5.75 Å². The van der Waals surface area contributed by atoms with Crippen molar-refractivity contribution in [3.8, 4) is 5.75 Å². The lowest BCUT2D eigenvalue weighted by molar-refractivity contribution is 0.228. The number of methoxy groups -OCH3 is 1. The number of benzene rings is 2. The Balaban J connectivity index is 1.38. The number of anilines is 4. The smallest absolute Gasteiger partial charge is 0.204 e. The second-order valence-electron chi connectivity index (χ2n) is 11.8. The summed E-state index contributed by atoms with van der Waals surface area (Å²) in [4.78, 5) is 19.7. The van der Waals surface area contributed by atoms with Gasteiger partial charge in [0.05, 0.1) is 17.8 Å². The lowest BCUT2D eigenvalue weighted by Crippen LogP contribution is -2.48. The van der Waals surface area contributed by atoms with Gasteiger partial charge in [-0.25, -0.2) is 18.4 Å². The number of aryl methyl sites for hydroxylation is 1. The van der Waals surface area contributed by atoms with Gasteiger partial charge in [-0.2, -0.15) is 5.10 Å². The fourth-order valence-electron chi connectivity index (χ4n) is 5.13. The van der Waals surface area contributed by atoms with Gasteiger partial charge in [-0.1, -0.05) is 12.1 Å². The molecule has 14 heteroatoms. The summed E-state index contributed by atoms with van der Waals surface area (Å²) in [5.74, 6) is 2.31. The van der Waals surface area contributed by atoms with Crippen LogP contribution in [0.4, 0.5) is 23.1 Å². The van der Waals surface area contributed by atoms with Crippen LogP contribution in [0.5, 0.6) is 5.75 Å². The van der Waals surface area contributed by atoms with Gasteiger partial charge in [-0.15, -0.1) is 0 Å². The second-order valence-corrected chi connectivity index (χ2v) is 14.8. The number of ether oxygens (including phenoxy) is 1. The van der Waals surface area contributed by atoms with Crippen molar-refractivity contribution in [3.63, 3.8) is 0 Å². The van der Waals surface area contributed by atoms with Crippen molar-refractivity contribution < 1.29 is 13.2 Å². The van der Waals surface area contributed by atoms with Crippen molar-refractivity contribution >= 4 is 44.7 Å². The molecule has 2 N–H and O–H groups in total. The number of aromatic nitrogens is 4. The Bertz CT molecular complexity index is 1720. The standard InChI is InChI=1S/C32H43N9O3S2/c1-23-20-28(37-36-23)33-30-29(44-6)31(41-18-16-40(17-19-41)15-14-38(2)3)35-32(34-30)45-26-10-12-27(13-11-26)46(42,43)22-24-8-7-9-25(21-24)39(4)5/h7-13,20-21H,14-19,22H2,1-6H3,(H2,33,34,35,36,37). The van der Waals surface area contributed by atoms with Gasteiger partial charge in [0.1, 0.15) is 0 Å². The molecule has 4 aromatic rings. The predicted molar refractivity (Wildman–Crippen MR) is 185 cm³/mol. The molecule has 5 rings (SSSR count). The molecule has 0 unspecified atom stereocenters. The molecule has 0 aliphatic carbocycles. The molecule has 46 heavy (non-hydrogen) atoms. The van der Waals surface area contributed by atoms with Gasteiger partial charge in [0.25, 0.3) is 0 Å². The van der Waals surface area contributed by atoms with Crippen molar-refractivity contribution in [1.29, 1.82) is 0 Å². The predicted octanol–water partition coefficient (Wildman–Crippen LogP) is 4.14. The van der Waals surface area contributed by atoms with Crippen LogP contribution in [-0.2, 0) is 15.6 Å². The highest BCUT2D eigenvalue weighted by Crippen LogP contribution is 2.38. The lowest BCUT2D eigenvalue weighted by Gasteiger charge is -2.36. The van der Waals surface area contributed by atoms with Crippen molar-refractivity contribution in [2.24, 2.45) is 0 Å². The van der Waals surface area contributed by atoms with E-state index < -0.39 is 9.84 Å². The minimum absolute atomic E-state index is 0.0732. The number of likely N-dealkylation sites (N-methyl/N-ethyl adjacent to an activating group) is 1. The first-order chi connectivity index (χ1) is 22.0. The molecular formula is C32H43N9O3S2. The Morgan fingerprint density at radius 2 is 1.74 bits per heavy atom. The summed E-state index contributed by atoms with van der Waals surface area (Å²) >= 11 is 1.37. The molecule has 0 bridgehead atoms. The SMILES string of the molecule is COc1c(Nc2cc(C)[nH]n2)nc(Sc2ccc(S(=O)(=O)Cc3cccc(N(C)C)c3)cc2)nc1N1CCN(CCN(C)C)CC1. The summed E-state index contributed by atoms with van der Waals surface area (Å²) in [6.45, 7) is 7.40. The van der Waals surface area contributed by atoms with E-state index >= 15 is 0 Å². The molecule has 2 aromatic carbocycles. The van der Waals surface area contributed by atoms with Crippen LogP contribution in [-0.4, -0.2) is 113 Å². The van der Waals surface area contributed by atoms with Crippen molar-refractivity contribution in [1.82, 2.24) is 30.0 Å². The van der Waals surface area contributed by atoms with Crippen LogP contribution in [0.2, 0.25) is 0 Å². The first-order valence-corrected chi connectivity index (χ1v) is 17.6. The van der Waals surface area contributed by atoms with Crippen molar-refractivity contribution in [3.05, 3.63) is 65.9 Å². The monoisotopic (exact) mass is 665 g/mol. The third-order valence-corrected chi connectivity index (χ3v) is 10.3. The Kier molecular flexibility index (Phi) is 10.7. The van der Waals surface area contributed by atoms with Crippen LogP contribution < -0.4 is 19.9 Å². The summed E-state index contributed by atoms with van der Waals surface area (Å²) in [7, 11) is 6.14. The first-order valence-electron chi connectivity index (χ1n) is 15.1. The fourth-order valence-corrected chi connectivity index (χ4v) is 7.21. The number of hydrogen-bond donors (Lipinski definition) is 2. The van der Waals surface area contributed by atoms with Crippen molar-refractivity contribution in [2.75, 3.05) is 89.7 Å². The topological polar surface area (TPSA) is 123 Å². The quantitative estimate of drug-likeness (QED) is 0.200. The summed E-state index contributed by atoms with van der Waals surface area (Å²) in [6.07, 6.45) is 0. The minimum atomic E-state index is -3.54. The van der Waals surface area contributed by atoms with Crippen LogP contribution >= 0.6 is 11.8 Å². The second kappa shape index (κ2) is 14.7. The Hall–Kier alpha value is -3.85. The van der Waals surface area contributed by atoms with Gasteiger partial charge in [-0.05, 0) is 74.7 Å². The lowest BCUT2D eigenvalue weighted by atomic mass is 10.2. The van der Waals surface area contributed by atoms with Crippen molar-refractivity contribution in [2.45, 2.75) is 27.6 Å². The van der Waals surface area contributed by atoms with E-state index in [-0.39, 0.29) is 10.6 Å². The third-order valence-electron chi connectivity index (χ3n) is 7.69. The highest BCUT2D eigenvalue weighted by Gasteiger charge is 2.25. The first kappa shape index (κ1) is 33.5. The van der Waals surface area contributed by atoms with E-state index in [2.05, 4.69) is 44.3 Å².